The molecule has 2 N–H and O–H groups in total. The smallest absolute Gasteiger partial charge is 0.305 e. The van der Waals surface area contributed by atoms with Gasteiger partial charge in [-0.1, -0.05) is 0 Å². The molecule has 10 heteroatoms. The highest BCUT2D eigenvalue weighted by Gasteiger charge is 2.29. The lowest BCUT2D eigenvalue weighted by Crippen LogP contribution is -2.19. The molecule has 0 aromatic carbocycles. The standard InChI is InChI=1S/C16H20N4O6/c21-12(22)3-1-2-4-13(23)25-7-10-5-6-11(26-10)20-9-19-14-15(20)17-8-18-16(14)24/h8-11H,1-7H2,(H,21,22)(H,17,18,24)/t10-,11+/m1/s1. The Morgan fingerprint density at radius 1 is 1.31 bits per heavy atom. The zero-order valence-electron chi connectivity index (χ0n) is 14.1. The molecule has 140 valence electrons. The molecule has 2 aromatic rings. The monoisotopic (exact) mass is 364 g/mol. The molecular weight excluding hydrogens is 344 g/mol. The van der Waals surface area contributed by atoms with E-state index in [-0.39, 0.29) is 48.8 Å². The number of H-pyrrole nitrogens is 1. The van der Waals surface area contributed by atoms with Gasteiger partial charge in [0, 0.05) is 12.8 Å². The average Bonchev–Trinajstić information content (AvgIpc) is 3.24. The second kappa shape index (κ2) is 8.09. The van der Waals surface area contributed by atoms with Gasteiger partial charge in [0.05, 0.1) is 18.8 Å². The summed E-state index contributed by atoms with van der Waals surface area (Å²) < 4.78 is 12.8. The highest BCUT2D eigenvalue weighted by molar-refractivity contribution is 5.70. The molecule has 0 unspecified atom stereocenters. The van der Waals surface area contributed by atoms with Crippen LogP contribution < -0.4 is 5.56 Å². The van der Waals surface area contributed by atoms with E-state index in [1.165, 1.54) is 12.7 Å². The number of hydrogen-bond acceptors (Lipinski definition) is 7. The van der Waals surface area contributed by atoms with Gasteiger partial charge in [0.25, 0.3) is 5.56 Å². The molecule has 0 spiro atoms. The summed E-state index contributed by atoms with van der Waals surface area (Å²) in [7, 11) is 0. The molecule has 3 rings (SSSR count). The van der Waals surface area contributed by atoms with E-state index in [2.05, 4.69) is 15.0 Å². The fraction of sp³-hybridized carbons (Fsp3) is 0.562. The largest absolute Gasteiger partial charge is 0.481 e. The number of carboxylic acid groups (broad SMARTS) is 1. The van der Waals surface area contributed by atoms with Crippen molar-refractivity contribution in [3.05, 3.63) is 23.0 Å². The Morgan fingerprint density at radius 3 is 2.92 bits per heavy atom. The number of hydrogen-bond donors (Lipinski definition) is 2. The van der Waals surface area contributed by atoms with Crippen molar-refractivity contribution in [1.29, 1.82) is 0 Å². The molecule has 26 heavy (non-hydrogen) atoms. The van der Waals surface area contributed by atoms with Gasteiger partial charge in [-0.25, -0.2) is 9.97 Å². The predicted molar refractivity (Wildman–Crippen MR) is 88.4 cm³/mol. The Labute approximate surface area is 148 Å². The van der Waals surface area contributed by atoms with Gasteiger partial charge in [0.15, 0.2) is 11.2 Å². The van der Waals surface area contributed by atoms with Crippen LogP contribution in [0.5, 0.6) is 0 Å². The van der Waals surface area contributed by atoms with Crippen LogP contribution in [0.3, 0.4) is 0 Å². The van der Waals surface area contributed by atoms with E-state index in [9.17, 15) is 14.4 Å². The van der Waals surface area contributed by atoms with Crippen LogP contribution >= 0.6 is 0 Å². The highest BCUT2D eigenvalue weighted by atomic mass is 16.6. The Kier molecular flexibility index (Phi) is 5.61. The molecule has 2 aromatic heterocycles. The first-order chi connectivity index (χ1) is 12.5. The molecule has 0 bridgehead atoms. The summed E-state index contributed by atoms with van der Waals surface area (Å²) in [6, 6.07) is 0. The van der Waals surface area contributed by atoms with E-state index in [4.69, 9.17) is 14.6 Å². The first kappa shape index (κ1) is 18.1. The third kappa shape index (κ3) is 4.26. The number of ether oxygens (including phenoxy) is 2. The highest BCUT2D eigenvalue weighted by Crippen LogP contribution is 2.30. The lowest BCUT2D eigenvalue weighted by atomic mass is 10.2. The van der Waals surface area contributed by atoms with E-state index >= 15 is 0 Å². The fourth-order valence-corrected chi connectivity index (χ4v) is 2.89. The van der Waals surface area contributed by atoms with Gasteiger partial charge >= 0.3 is 11.9 Å². The zero-order valence-corrected chi connectivity index (χ0v) is 14.1. The van der Waals surface area contributed by atoms with Crippen molar-refractivity contribution in [1.82, 2.24) is 19.5 Å². The van der Waals surface area contributed by atoms with Crippen LogP contribution in [-0.4, -0.2) is 49.3 Å². The number of carboxylic acids is 1. The number of aliphatic carboxylic acids is 1. The molecule has 0 saturated carbocycles. The summed E-state index contributed by atoms with van der Waals surface area (Å²) in [6.45, 7) is 0.148. The van der Waals surface area contributed by atoms with E-state index in [0.29, 0.717) is 31.3 Å². The number of fused-ring (bicyclic) bond motifs is 1. The molecule has 0 radical (unpaired) electrons. The van der Waals surface area contributed by atoms with Gasteiger partial charge in [0.1, 0.15) is 12.8 Å². The van der Waals surface area contributed by atoms with Crippen molar-refractivity contribution in [3.8, 4) is 0 Å². The van der Waals surface area contributed by atoms with Gasteiger partial charge in [-0.3, -0.25) is 19.0 Å². The van der Waals surface area contributed by atoms with Crippen LogP contribution in [0, 0.1) is 0 Å². The summed E-state index contributed by atoms with van der Waals surface area (Å²) >= 11 is 0. The first-order valence-electron chi connectivity index (χ1n) is 8.47. The number of aromatic nitrogens is 4. The van der Waals surface area contributed by atoms with E-state index in [0.717, 1.165) is 0 Å². The number of esters is 1. The maximum atomic E-state index is 11.7. The third-order valence-corrected chi connectivity index (χ3v) is 4.21. The summed E-state index contributed by atoms with van der Waals surface area (Å²) in [6.07, 6.45) is 4.89. The van der Waals surface area contributed by atoms with Crippen LogP contribution in [0.15, 0.2) is 17.4 Å². The van der Waals surface area contributed by atoms with Gasteiger partial charge in [0.2, 0.25) is 0 Å². The Hall–Kier alpha value is -2.75. The normalized spacial score (nSPS) is 19.7. The van der Waals surface area contributed by atoms with Crippen molar-refractivity contribution in [2.75, 3.05) is 6.61 Å². The molecule has 0 amide bonds. The number of unbranched alkanes of at least 4 members (excludes halogenated alkanes) is 1. The van der Waals surface area contributed by atoms with Crippen LogP contribution in [0.4, 0.5) is 0 Å². The number of nitrogens with one attached hydrogen (secondary N) is 1. The minimum Gasteiger partial charge on any atom is -0.481 e. The SMILES string of the molecule is O=C(O)CCCCC(=O)OC[C@H]1CC[C@@H](n2cnc3c(=O)[nH]cnc32)O1. The molecule has 1 fully saturated rings. The van der Waals surface area contributed by atoms with Gasteiger partial charge in [-0.05, 0) is 25.7 Å². The summed E-state index contributed by atoms with van der Waals surface area (Å²) in [4.78, 5) is 44.5. The van der Waals surface area contributed by atoms with Gasteiger partial charge in [-0.15, -0.1) is 0 Å². The van der Waals surface area contributed by atoms with Crippen molar-refractivity contribution in [3.63, 3.8) is 0 Å². The minimum absolute atomic E-state index is 0.0520. The van der Waals surface area contributed by atoms with Crippen LogP contribution in [0.2, 0.25) is 0 Å². The lowest BCUT2D eigenvalue weighted by molar-refractivity contribution is -0.148. The quantitative estimate of drug-likeness (QED) is 0.522. The summed E-state index contributed by atoms with van der Waals surface area (Å²) in [5, 5.41) is 8.55. The van der Waals surface area contributed by atoms with Gasteiger partial charge in [-0.2, -0.15) is 0 Å². The molecule has 3 heterocycles. The van der Waals surface area contributed by atoms with Crippen molar-refractivity contribution in [2.24, 2.45) is 0 Å². The van der Waals surface area contributed by atoms with E-state index in [1.807, 2.05) is 0 Å². The molecule has 2 atom stereocenters. The number of nitrogens with zero attached hydrogens (tertiary/aromatic N) is 3. The first-order valence-corrected chi connectivity index (χ1v) is 8.47. The number of carbonyl (C=O) groups excluding carboxylic acids is 1. The van der Waals surface area contributed by atoms with Crippen LogP contribution in [-0.2, 0) is 19.1 Å². The lowest BCUT2D eigenvalue weighted by Gasteiger charge is -2.15. The third-order valence-electron chi connectivity index (χ3n) is 4.21. The molecule has 1 saturated heterocycles. The molecular formula is C16H20N4O6. The van der Waals surface area contributed by atoms with E-state index in [1.54, 1.807) is 4.57 Å². The van der Waals surface area contributed by atoms with Crippen molar-refractivity contribution < 1.29 is 24.2 Å². The fourth-order valence-electron chi connectivity index (χ4n) is 2.89. The van der Waals surface area contributed by atoms with Crippen molar-refractivity contribution >= 4 is 23.1 Å². The predicted octanol–water partition coefficient (Wildman–Crippen LogP) is 0.985. The average molecular weight is 364 g/mol. The molecule has 1 aliphatic heterocycles. The number of aromatic amines is 1. The van der Waals surface area contributed by atoms with Crippen molar-refractivity contribution in [2.45, 2.75) is 50.9 Å². The number of imidazole rings is 1. The minimum atomic E-state index is -0.868. The number of carbonyl (C=O) groups is 2. The van der Waals surface area contributed by atoms with Gasteiger partial charge < -0.3 is 19.6 Å². The zero-order chi connectivity index (χ0) is 18.5. The molecule has 10 nitrogen and oxygen atoms in total. The molecule has 0 aliphatic carbocycles. The Bertz CT molecular complexity index is 845. The van der Waals surface area contributed by atoms with Crippen LogP contribution in [0.25, 0.3) is 11.2 Å². The summed E-state index contributed by atoms with van der Waals surface area (Å²) in [5.74, 6) is -1.23. The topological polar surface area (TPSA) is 136 Å². The maximum absolute atomic E-state index is 11.7. The Morgan fingerprint density at radius 2 is 2.12 bits per heavy atom. The van der Waals surface area contributed by atoms with Crippen LogP contribution in [0.1, 0.15) is 44.8 Å². The number of rotatable bonds is 8. The second-order valence-electron chi connectivity index (χ2n) is 6.13. The second-order valence-corrected chi connectivity index (χ2v) is 6.13. The van der Waals surface area contributed by atoms with E-state index < -0.39 is 5.97 Å². The Balaban J connectivity index is 1.46. The molecule has 1 aliphatic rings. The summed E-state index contributed by atoms with van der Waals surface area (Å²) in [5.41, 5.74) is 0.405. The maximum Gasteiger partial charge on any atom is 0.305 e.